The van der Waals surface area contributed by atoms with Gasteiger partial charge < -0.3 is 10.8 Å². The zero-order chi connectivity index (χ0) is 15.5. The first kappa shape index (κ1) is 16.3. The molecule has 2 rings (SSSR count). The molecule has 1 aliphatic carbocycles. The Hall–Kier alpha value is -1.07. The smallest absolute Gasteiger partial charge is 0.161 e. The lowest BCUT2D eigenvalue weighted by Gasteiger charge is -2.39. The van der Waals surface area contributed by atoms with Crippen LogP contribution in [0.4, 0.5) is 13.2 Å². The molecule has 1 fully saturated rings. The Morgan fingerprint density at radius 1 is 0.952 bits per heavy atom. The minimum absolute atomic E-state index is 0.195. The minimum Gasteiger partial charge on any atom is -0.388 e. The van der Waals surface area contributed by atoms with Crippen LogP contribution in [0.15, 0.2) is 12.1 Å². The third kappa shape index (κ3) is 3.40. The van der Waals surface area contributed by atoms with Gasteiger partial charge in [-0.15, -0.1) is 0 Å². The first-order chi connectivity index (χ1) is 10.00. The summed E-state index contributed by atoms with van der Waals surface area (Å²) in [5.41, 5.74) is 5.01. The molecule has 0 spiro atoms. The van der Waals surface area contributed by atoms with Crippen molar-refractivity contribution in [3.8, 4) is 0 Å². The van der Waals surface area contributed by atoms with Crippen LogP contribution in [0.1, 0.15) is 56.6 Å². The van der Waals surface area contributed by atoms with E-state index in [0.717, 1.165) is 38.2 Å². The number of aliphatic hydroxyl groups is 1. The molecular formula is C16H22F3NO. The van der Waals surface area contributed by atoms with E-state index in [0.29, 0.717) is 18.9 Å². The van der Waals surface area contributed by atoms with Gasteiger partial charge in [0.2, 0.25) is 0 Å². The van der Waals surface area contributed by atoms with Crippen molar-refractivity contribution in [2.75, 3.05) is 6.54 Å². The standard InChI is InChI=1S/C16H22F3NO/c17-12-9-14(19)13(18)8-11(12)15(21)16(10-20)6-4-2-1-3-5-7-16/h8-9,15,21H,1-7,10,20H2. The maximum atomic E-state index is 13.9. The Morgan fingerprint density at radius 3 is 2.05 bits per heavy atom. The van der Waals surface area contributed by atoms with Crippen molar-refractivity contribution < 1.29 is 18.3 Å². The number of aliphatic hydroxyl groups excluding tert-OH is 1. The molecule has 3 N–H and O–H groups in total. The van der Waals surface area contributed by atoms with Crippen LogP contribution < -0.4 is 5.73 Å². The van der Waals surface area contributed by atoms with Crippen molar-refractivity contribution in [3.63, 3.8) is 0 Å². The number of rotatable bonds is 3. The highest BCUT2D eigenvalue weighted by atomic mass is 19.2. The van der Waals surface area contributed by atoms with Gasteiger partial charge in [0.1, 0.15) is 5.82 Å². The molecule has 1 aromatic rings. The third-order valence-electron chi connectivity index (χ3n) is 4.67. The Morgan fingerprint density at radius 2 is 1.48 bits per heavy atom. The van der Waals surface area contributed by atoms with Crippen molar-refractivity contribution in [1.29, 1.82) is 0 Å². The van der Waals surface area contributed by atoms with E-state index in [9.17, 15) is 18.3 Å². The van der Waals surface area contributed by atoms with Crippen molar-refractivity contribution >= 4 is 0 Å². The predicted octanol–water partition coefficient (Wildman–Crippen LogP) is 3.83. The van der Waals surface area contributed by atoms with Gasteiger partial charge in [0, 0.05) is 23.6 Å². The highest BCUT2D eigenvalue weighted by Gasteiger charge is 2.38. The SMILES string of the molecule is NCC1(C(O)c2cc(F)c(F)cc2F)CCCCCCC1. The summed E-state index contributed by atoms with van der Waals surface area (Å²) in [6.45, 7) is 0.201. The topological polar surface area (TPSA) is 46.2 Å². The largest absolute Gasteiger partial charge is 0.388 e. The lowest BCUT2D eigenvalue weighted by molar-refractivity contribution is 0.00583. The Bertz CT molecular complexity index is 485. The molecule has 21 heavy (non-hydrogen) atoms. The average molecular weight is 301 g/mol. The van der Waals surface area contributed by atoms with Gasteiger partial charge in [0.25, 0.3) is 0 Å². The van der Waals surface area contributed by atoms with Crippen LogP contribution in [0.5, 0.6) is 0 Å². The van der Waals surface area contributed by atoms with Gasteiger partial charge in [0.15, 0.2) is 11.6 Å². The van der Waals surface area contributed by atoms with Crippen LogP contribution in [-0.2, 0) is 0 Å². The van der Waals surface area contributed by atoms with Gasteiger partial charge in [-0.3, -0.25) is 0 Å². The van der Waals surface area contributed by atoms with E-state index >= 15 is 0 Å². The third-order valence-corrected chi connectivity index (χ3v) is 4.67. The molecule has 1 atom stereocenters. The number of hydrogen-bond acceptors (Lipinski definition) is 2. The van der Waals surface area contributed by atoms with Gasteiger partial charge in [-0.05, 0) is 18.9 Å². The minimum atomic E-state index is -1.25. The molecule has 0 aromatic heterocycles. The first-order valence-electron chi connectivity index (χ1n) is 7.53. The predicted molar refractivity (Wildman–Crippen MR) is 75.1 cm³/mol. The summed E-state index contributed by atoms with van der Waals surface area (Å²) in [6.07, 6.45) is 5.18. The van der Waals surface area contributed by atoms with Crippen molar-refractivity contribution in [3.05, 3.63) is 35.1 Å². The molecule has 118 valence electrons. The van der Waals surface area contributed by atoms with E-state index in [-0.39, 0.29) is 12.1 Å². The highest BCUT2D eigenvalue weighted by Crippen LogP contribution is 2.44. The zero-order valence-electron chi connectivity index (χ0n) is 12.0. The van der Waals surface area contributed by atoms with E-state index in [1.165, 1.54) is 0 Å². The second-order valence-corrected chi connectivity index (χ2v) is 6.02. The molecule has 0 radical (unpaired) electrons. The molecule has 0 saturated heterocycles. The Kier molecular flexibility index (Phi) is 5.27. The lowest BCUT2D eigenvalue weighted by atomic mass is 9.70. The van der Waals surface area contributed by atoms with Crippen LogP contribution in [0.2, 0.25) is 0 Å². The van der Waals surface area contributed by atoms with Crippen LogP contribution in [-0.4, -0.2) is 11.7 Å². The van der Waals surface area contributed by atoms with Crippen LogP contribution in [0.3, 0.4) is 0 Å². The number of benzene rings is 1. The lowest BCUT2D eigenvalue weighted by Crippen LogP contribution is -2.38. The summed E-state index contributed by atoms with van der Waals surface area (Å²) in [4.78, 5) is 0. The molecule has 1 saturated carbocycles. The van der Waals surface area contributed by atoms with E-state index in [4.69, 9.17) is 5.73 Å². The van der Waals surface area contributed by atoms with Crippen molar-refractivity contribution in [2.45, 2.75) is 51.0 Å². The Labute approximate surface area is 123 Å². The van der Waals surface area contributed by atoms with E-state index < -0.39 is 29.0 Å². The molecule has 0 aliphatic heterocycles. The average Bonchev–Trinajstić information content (AvgIpc) is 2.43. The van der Waals surface area contributed by atoms with Gasteiger partial charge in [0.05, 0.1) is 6.10 Å². The first-order valence-corrected chi connectivity index (χ1v) is 7.53. The summed E-state index contributed by atoms with van der Waals surface area (Å²) in [6, 6.07) is 1.24. The summed E-state index contributed by atoms with van der Waals surface area (Å²) in [5, 5.41) is 10.6. The normalized spacial score (nSPS) is 20.6. The monoisotopic (exact) mass is 301 g/mol. The zero-order valence-corrected chi connectivity index (χ0v) is 12.0. The maximum absolute atomic E-state index is 13.9. The van der Waals surface area contributed by atoms with Crippen molar-refractivity contribution in [1.82, 2.24) is 0 Å². The molecule has 5 heteroatoms. The molecule has 0 bridgehead atoms. The van der Waals surface area contributed by atoms with Gasteiger partial charge >= 0.3 is 0 Å². The fraction of sp³-hybridized carbons (Fsp3) is 0.625. The van der Waals surface area contributed by atoms with Gasteiger partial charge in [-0.2, -0.15) is 0 Å². The quantitative estimate of drug-likeness (QED) is 0.834. The summed E-state index contributed by atoms with van der Waals surface area (Å²) in [5.74, 6) is -3.32. The molecule has 1 aliphatic rings. The molecule has 0 amide bonds. The summed E-state index contributed by atoms with van der Waals surface area (Å²) < 4.78 is 40.3. The van der Waals surface area contributed by atoms with E-state index in [1.807, 2.05) is 0 Å². The molecule has 1 aromatic carbocycles. The molecule has 0 heterocycles. The van der Waals surface area contributed by atoms with Crippen LogP contribution in [0.25, 0.3) is 0 Å². The van der Waals surface area contributed by atoms with E-state index in [1.54, 1.807) is 0 Å². The molecule has 2 nitrogen and oxygen atoms in total. The Balaban J connectivity index is 2.34. The fourth-order valence-electron chi connectivity index (χ4n) is 3.28. The number of halogens is 3. The second-order valence-electron chi connectivity index (χ2n) is 6.02. The van der Waals surface area contributed by atoms with Gasteiger partial charge in [-0.1, -0.05) is 32.1 Å². The van der Waals surface area contributed by atoms with E-state index in [2.05, 4.69) is 0 Å². The van der Waals surface area contributed by atoms with Gasteiger partial charge in [-0.25, -0.2) is 13.2 Å². The molecule has 1 unspecified atom stereocenters. The number of hydrogen-bond donors (Lipinski definition) is 2. The highest BCUT2D eigenvalue weighted by molar-refractivity contribution is 5.24. The second kappa shape index (κ2) is 6.79. The maximum Gasteiger partial charge on any atom is 0.161 e. The fourth-order valence-corrected chi connectivity index (χ4v) is 3.28. The van der Waals surface area contributed by atoms with Crippen LogP contribution in [0, 0.1) is 22.9 Å². The number of nitrogens with two attached hydrogens (primary N) is 1. The van der Waals surface area contributed by atoms with Crippen LogP contribution >= 0.6 is 0 Å². The summed E-state index contributed by atoms with van der Waals surface area (Å²) >= 11 is 0. The summed E-state index contributed by atoms with van der Waals surface area (Å²) in [7, 11) is 0. The van der Waals surface area contributed by atoms with Crippen molar-refractivity contribution in [2.24, 2.45) is 11.1 Å². The molecular weight excluding hydrogens is 279 g/mol.